The molecule has 33 heavy (non-hydrogen) atoms. The predicted octanol–water partition coefficient (Wildman–Crippen LogP) is 2.69. The van der Waals surface area contributed by atoms with E-state index in [9.17, 15) is 14.4 Å². The summed E-state index contributed by atoms with van der Waals surface area (Å²) in [6, 6.07) is 4.84. The Bertz CT molecular complexity index is 1010. The minimum atomic E-state index is -0.335. The number of rotatable bonds is 6. The number of aromatic nitrogens is 1. The molecule has 9 nitrogen and oxygen atoms in total. The fourth-order valence-corrected chi connectivity index (χ4v) is 4.70. The highest BCUT2D eigenvalue weighted by molar-refractivity contribution is 7.07. The van der Waals surface area contributed by atoms with Gasteiger partial charge in [-0.15, -0.1) is 11.3 Å². The molecule has 3 amide bonds. The third-order valence-electron chi connectivity index (χ3n) is 5.92. The summed E-state index contributed by atoms with van der Waals surface area (Å²) < 4.78 is 12.2. The van der Waals surface area contributed by atoms with Crippen molar-refractivity contribution in [2.45, 2.75) is 50.9 Å². The van der Waals surface area contributed by atoms with E-state index in [1.54, 1.807) is 41.0 Å². The summed E-state index contributed by atoms with van der Waals surface area (Å²) in [5.74, 6) is -0.122. The molecule has 2 aliphatic heterocycles. The Balaban J connectivity index is 1.46. The fraction of sp³-hybridized carbons (Fsp3) is 0.478. The largest absolute Gasteiger partial charge is 0.490 e. The second kappa shape index (κ2) is 10.3. The second-order valence-electron chi connectivity index (χ2n) is 8.26. The maximum Gasteiger partial charge on any atom is 0.275 e. The Labute approximate surface area is 196 Å². The number of benzene rings is 1. The lowest BCUT2D eigenvalue weighted by Gasteiger charge is -2.42. The number of carbonyl (C=O) groups is 3. The predicted molar refractivity (Wildman–Crippen MR) is 124 cm³/mol. The van der Waals surface area contributed by atoms with Gasteiger partial charge in [0.1, 0.15) is 24.2 Å². The highest BCUT2D eigenvalue weighted by Gasteiger charge is 2.39. The molecule has 1 saturated heterocycles. The van der Waals surface area contributed by atoms with Crippen LogP contribution in [0, 0.1) is 0 Å². The number of nitrogens with zero attached hydrogens (tertiary/aromatic N) is 2. The van der Waals surface area contributed by atoms with Crippen LogP contribution in [0.3, 0.4) is 0 Å². The molecule has 1 aromatic heterocycles. The normalized spacial score (nSPS) is 22.3. The van der Waals surface area contributed by atoms with E-state index in [0.717, 1.165) is 12.8 Å². The fourth-order valence-electron chi connectivity index (χ4n) is 4.17. The van der Waals surface area contributed by atoms with Crippen molar-refractivity contribution in [3.8, 4) is 5.75 Å². The van der Waals surface area contributed by atoms with E-state index in [1.807, 2.05) is 6.92 Å². The molecule has 4 rings (SSSR count). The van der Waals surface area contributed by atoms with Gasteiger partial charge in [-0.3, -0.25) is 14.4 Å². The van der Waals surface area contributed by atoms with Gasteiger partial charge in [0.25, 0.3) is 11.8 Å². The standard InChI is InChI=1S/C23H28N4O5S/c1-3-8-24-21(28)10-15-5-6-18-20(32-15)11-31-19-7-4-14(9-16(19)23(30)27(18)2)26-22(29)17-12-33-13-25-17/h4,7,9,12-13,15,18,20H,3,5-6,8,10-11H2,1-2H3,(H,24,28)(H,26,29)/t15-,18+,20-/m0/s1. The molecular formula is C23H28N4O5S. The molecule has 176 valence electrons. The summed E-state index contributed by atoms with van der Waals surface area (Å²) >= 11 is 1.34. The molecule has 2 aliphatic rings. The van der Waals surface area contributed by atoms with Crippen LogP contribution in [0.1, 0.15) is 53.5 Å². The van der Waals surface area contributed by atoms with Gasteiger partial charge in [0, 0.05) is 24.7 Å². The molecule has 0 aliphatic carbocycles. The molecule has 1 aromatic carbocycles. The van der Waals surface area contributed by atoms with Gasteiger partial charge in [0.05, 0.1) is 29.6 Å². The van der Waals surface area contributed by atoms with Gasteiger partial charge in [-0.05, 0) is 37.5 Å². The molecule has 0 spiro atoms. The quantitative estimate of drug-likeness (QED) is 0.669. The highest BCUT2D eigenvalue weighted by Crippen LogP contribution is 2.32. The van der Waals surface area contributed by atoms with Crippen molar-refractivity contribution in [1.29, 1.82) is 0 Å². The van der Waals surface area contributed by atoms with Crippen molar-refractivity contribution in [2.24, 2.45) is 0 Å². The number of fused-ring (bicyclic) bond motifs is 2. The van der Waals surface area contributed by atoms with Crippen LogP contribution in [0.15, 0.2) is 29.1 Å². The second-order valence-corrected chi connectivity index (χ2v) is 8.98. The van der Waals surface area contributed by atoms with Crippen LogP contribution < -0.4 is 15.4 Å². The highest BCUT2D eigenvalue weighted by atomic mass is 32.1. The minimum Gasteiger partial charge on any atom is -0.490 e. The molecule has 0 bridgehead atoms. The smallest absolute Gasteiger partial charge is 0.275 e. The van der Waals surface area contributed by atoms with Crippen molar-refractivity contribution >= 4 is 34.7 Å². The average molecular weight is 473 g/mol. The zero-order valence-electron chi connectivity index (χ0n) is 18.7. The Morgan fingerprint density at radius 1 is 1.30 bits per heavy atom. The van der Waals surface area contributed by atoms with Crippen LogP contribution in [-0.4, -0.2) is 66.1 Å². The monoisotopic (exact) mass is 472 g/mol. The Morgan fingerprint density at radius 3 is 2.91 bits per heavy atom. The summed E-state index contributed by atoms with van der Waals surface area (Å²) in [7, 11) is 1.76. The third kappa shape index (κ3) is 5.33. The number of amides is 3. The van der Waals surface area contributed by atoms with Crippen LogP contribution in [0.5, 0.6) is 5.75 Å². The van der Waals surface area contributed by atoms with E-state index in [1.165, 1.54) is 11.3 Å². The lowest BCUT2D eigenvalue weighted by atomic mass is 9.94. The first kappa shape index (κ1) is 23.2. The summed E-state index contributed by atoms with van der Waals surface area (Å²) in [4.78, 5) is 43.4. The molecule has 3 heterocycles. The SMILES string of the molecule is CCCNC(=O)C[C@@H]1CC[C@@H]2[C@H](COc3ccc(NC(=O)c4cscn4)cc3C(=O)N2C)O1. The van der Waals surface area contributed by atoms with Crippen LogP contribution in [0.4, 0.5) is 5.69 Å². The molecule has 0 unspecified atom stereocenters. The number of likely N-dealkylation sites (N-methyl/N-ethyl adjacent to an activating group) is 1. The number of nitrogens with one attached hydrogen (secondary N) is 2. The minimum absolute atomic E-state index is 0.0194. The van der Waals surface area contributed by atoms with Gasteiger partial charge in [-0.2, -0.15) is 0 Å². The van der Waals surface area contributed by atoms with E-state index in [-0.39, 0.29) is 42.6 Å². The van der Waals surface area contributed by atoms with E-state index in [2.05, 4.69) is 15.6 Å². The number of hydrogen-bond donors (Lipinski definition) is 2. The van der Waals surface area contributed by atoms with E-state index in [4.69, 9.17) is 9.47 Å². The number of hydrogen-bond acceptors (Lipinski definition) is 7. The molecule has 2 aromatic rings. The van der Waals surface area contributed by atoms with Crippen molar-refractivity contribution in [3.05, 3.63) is 40.3 Å². The number of carbonyl (C=O) groups excluding carboxylic acids is 3. The van der Waals surface area contributed by atoms with Gasteiger partial charge in [-0.25, -0.2) is 4.98 Å². The first-order valence-electron chi connectivity index (χ1n) is 11.1. The van der Waals surface area contributed by atoms with Crippen LogP contribution in [-0.2, 0) is 9.53 Å². The maximum absolute atomic E-state index is 13.3. The van der Waals surface area contributed by atoms with Gasteiger partial charge >= 0.3 is 0 Å². The lowest BCUT2D eigenvalue weighted by Crippen LogP contribution is -2.54. The van der Waals surface area contributed by atoms with Crippen LogP contribution >= 0.6 is 11.3 Å². The van der Waals surface area contributed by atoms with Gasteiger partial charge in [0.2, 0.25) is 5.91 Å². The molecule has 1 fully saturated rings. The summed E-state index contributed by atoms with van der Waals surface area (Å²) in [6.45, 7) is 2.93. The molecular weight excluding hydrogens is 444 g/mol. The van der Waals surface area contributed by atoms with Gasteiger partial charge in [-0.1, -0.05) is 6.92 Å². The van der Waals surface area contributed by atoms with Crippen LogP contribution in [0.2, 0.25) is 0 Å². The topological polar surface area (TPSA) is 110 Å². The molecule has 0 saturated carbocycles. The van der Waals surface area contributed by atoms with Gasteiger partial charge in [0.15, 0.2) is 0 Å². The van der Waals surface area contributed by atoms with Crippen molar-refractivity contribution in [1.82, 2.24) is 15.2 Å². The Morgan fingerprint density at radius 2 is 2.15 bits per heavy atom. The van der Waals surface area contributed by atoms with Crippen molar-refractivity contribution in [2.75, 3.05) is 25.5 Å². The first-order chi connectivity index (χ1) is 16.0. The average Bonchev–Trinajstić information content (AvgIpc) is 3.36. The summed E-state index contributed by atoms with van der Waals surface area (Å²) in [5.41, 5.74) is 2.79. The molecule has 2 N–H and O–H groups in total. The lowest BCUT2D eigenvalue weighted by molar-refractivity contribution is -0.134. The van der Waals surface area contributed by atoms with Gasteiger partial charge < -0.3 is 25.0 Å². The molecule has 3 atom stereocenters. The Kier molecular flexibility index (Phi) is 7.24. The zero-order chi connectivity index (χ0) is 23.4. The number of thiazole rings is 1. The third-order valence-corrected chi connectivity index (χ3v) is 6.51. The van der Waals surface area contributed by atoms with E-state index in [0.29, 0.717) is 42.1 Å². The van der Waals surface area contributed by atoms with Crippen molar-refractivity contribution < 1.29 is 23.9 Å². The number of ether oxygens (including phenoxy) is 2. The molecule has 10 heteroatoms. The van der Waals surface area contributed by atoms with Crippen molar-refractivity contribution in [3.63, 3.8) is 0 Å². The number of anilines is 1. The maximum atomic E-state index is 13.3. The van der Waals surface area contributed by atoms with E-state index < -0.39 is 0 Å². The first-order valence-corrected chi connectivity index (χ1v) is 12.1. The zero-order valence-corrected chi connectivity index (χ0v) is 19.5. The van der Waals surface area contributed by atoms with Crippen LogP contribution in [0.25, 0.3) is 0 Å². The van der Waals surface area contributed by atoms with E-state index >= 15 is 0 Å². The Hall–Kier alpha value is -2.98. The summed E-state index contributed by atoms with van der Waals surface area (Å²) in [6.07, 6.45) is 2.08. The summed E-state index contributed by atoms with van der Waals surface area (Å²) in [5, 5.41) is 7.32. The molecule has 0 radical (unpaired) electrons.